The highest BCUT2D eigenvalue weighted by Gasteiger charge is 2.25. The van der Waals surface area contributed by atoms with Gasteiger partial charge in [0.25, 0.3) is 6.02 Å². The fraction of sp³-hybridized carbons (Fsp3) is 0.524. The highest BCUT2D eigenvalue weighted by molar-refractivity contribution is 6.02. The number of nitrogens with zero attached hydrogens (tertiary/aromatic N) is 3. The summed E-state index contributed by atoms with van der Waals surface area (Å²) in [5.41, 5.74) is 4.69. The monoisotopic (exact) mass is 376 g/mol. The third-order valence-electron chi connectivity index (χ3n) is 4.30. The summed E-state index contributed by atoms with van der Waals surface area (Å²) in [4.78, 5) is 10.6. The van der Waals surface area contributed by atoms with Gasteiger partial charge in [-0.05, 0) is 44.9 Å². The molecule has 0 saturated carbocycles. The molecule has 27 heavy (non-hydrogen) atoms. The molecule has 1 saturated heterocycles. The quantitative estimate of drug-likeness (QED) is 0.377. The molecule has 0 atom stereocenters. The summed E-state index contributed by atoms with van der Waals surface area (Å²) < 4.78 is 18.2. The first kappa shape index (κ1) is 22.8. The molecule has 1 rings (SSSR count). The molecule has 5 nitrogen and oxygen atoms in total. The van der Waals surface area contributed by atoms with Crippen molar-refractivity contribution in [1.82, 2.24) is 10.2 Å². The molecule has 0 spiro atoms. The van der Waals surface area contributed by atoms with Crippen LogP contribution in [0.4, 0.5) is 4.39 Å². The van der Waals surface area contributed by atoms with Gasteiger partial charge in [0, 0.05) is 50.2 Å². The average Bonchev–Trinajstić information content (AvgIpc) is 2.58. The van der Waals surface area contributed by atoms with Crippen LogP contribution in [0.2, 0.25) is 0 Å². The lowest BCUT2D eigenvalue weighted by Crippen LogP contribution is -2.49. The number of amidine groups is 1. The van der Waals surface area contributed by atoms with Crippen LogP contribution < -0.4 is 5.32 Å². The maximum atomic E-state index is 12.5. The molecule has 0 aromatic heterocycles. The van der Waals surface area contributed by atoms with E-state index in [1.165, 1.54) is 6.20 Å². The molecule has 0 bridgehead atoms. The van der Waals surface area contributed by atoms with Gasteiger partial charge in [-0.2, -0.15) is 0 Å². The van der Waals surface area contributed by atoms with Crippen molar-refractivity contribution in [2.75, 3.05) is 40.0 Å². The largest absolute Gasteiger partial charge is 0.464 e. The van der Waals surface area contributed by atoms with Crippen molar-refractivity contribution >= 4 is 11.7 Å². The summed E-state index contributed by atoms with van der Waals surface area (Å²) in [5, 5.41) is 3.21. The molecule has 150 valence electrons. The van der Waals surface area contributed by atoms with Gasteiger partial charge in [0.15, 0.2) is 0 Å². The molecule has 1 aliphatic rings. The lowest BCUT2D eigenvalue weighted by molar-refractivity contribution is 0.0644. The molecular weight excluding hydrogens is 343 g/mol. The number of allylic oxidation sites excluding steroid dienone is 4. The molecule has 0 aliphatic carbocycles. The van der Waals surface area contributed by atoms with Gasteiger partial charge in [-0.15, -0.1) is 0 Å². The number of ether oxygens (including phenoxy) is 1. The van der Waals surface area contributed by atoms with Gasteiger partial charge in [-0.1, -0.05) is 18.7 Å². The third-order valence-corrected chi connectivity index (χ3v) is 4.30. The number of hydrogen-bond donors (Lipinski definition) is 1. The zero-order valence-corrected chi connectivity index (χ0v) is 17.3. The van der Waals surface area contributed by atoms with E-state index in [1.54, 1.807) is 7.05 Å². The zero-order chi connectivity index (χ0) is 20.4. The van der Waals surface area contributed by atoms with Crippen molar-refractivity contribution in [1.29, 1.82) is 0 Å². The van der Waals surface area contributed by atoms with Crippen molar-refractivity contribution in [3.8, 4) is 0 Å². The zero-order valence-electron chi connectivity index (χ0n) is 17.3. The number of aliphatic imine (C=N–C) groups is 2. The van der Waals surface area contributed by atoms with Gasteiger partial charge in [-0.25, -0.2) is 4.99 Å². The Hall–Kier alpha value is -2.21. The topological polar surface area (TPSA) is 49.2 Å². The maximum Gasteiger partial charge on any atom is 0.288 e. The molecule has 0 unspecified atom stereocenters. The van der Waals surface area contributed by atoms with E-state index in [1.807, 2.05) is 33.8 Å². The van der Waals surface area contributed by atoms with Gasteiger partial charge >= 0.3 is 0 Å². The first-order valence-corrected chi connectivity index (χ1v) is 9.18. The first-order valence-electron chi connectivity index (χ1n) is 9.18. The second-order valence-electron chi connectivity index (χ2n) is 6.93. The van der Waals surface area contributed by atoms with Crippen molar-refractivity contribution < 1.29 is 9.13 Å². The van der Waals surface area contributed by atoms with E-state index in [0.29, 0.717) is 12.6 Å². The summed E-state index contributed by atoms with van der Waals surface area (Å²) in [5.74, 6) is 0.184. The van der Waals surface area contributed by atoms with Crippen LogP contribution in [0.1, 0.15) is 27.7 Å². The van der Waals surface area contributed by atoms with Crippen LogP contribution in [0, 0.1) is 5.92 Å². The van der Waals surface area contributed by atoms with Crippen LogP contribution in [0.15, 0.2) is 57.8 Å². The van der Waals surface area contributed by atoms with E-state index in [9.17, 15) is 4.39 Å². The van der Waals surface area contributed by atoms with E-state index < -0.39 is 0 Å². The lowest BCUT2D eigenvalue weighted by atomic mass is 10.0. The Morgan fingerprint density at radius 1 is 1.30 bits per heavy atom. The highest BCUT2D eigenvalue weighted by atomic mass is 19.1. The number of likely N-dealkylation sites (tertiary alicyclic amines) is 1. The van der Waals surface area contributed by atoms with Crippen molar-refractivity contribution in [3.05, 3.63) is 47.9 Å². The lowest BCUT2D eigenvalue weighted by Gasteiger charge is -2.37. The van der Waals surface area contributed by atoms with Crippen LogP contribution in [-0.4, -0.2) is 56.6 Å². The van der Waals surface area contributed by atoms with E-state index in [-0.39, 0.29) is 12.6 Å². The fourth-order valence-electron chi connectivity index (χ4n) is 2.73. The second kappa shape index (κ2) is 11.5. The Morgan fingerprint density at radius 2 is 1.96 bits per heavy atom. The Labute approximate surface area is 163 Å². The van der Waals surface area contributed by atoms with Gasteiger partial charge in [0.2, 0.25) is 0 Å². The van der Waals surface area contributed by atoms with E-state index in [0.717, 1.165) is 47.8 Å². The molecule has 1 N–H and O–H groups in total. The number of nitrogens with one attached hydrogen (secondary N) is 1. The minimum atomic E-state index is -0.241. The number of halogens is 1. The van der Waals surface area contributed by atoms with Crippen LogP contribution in [0.3, 0.4) is 0 Å². The summed E-state index contributed by atoms with van der Waals surface area (Å²) in [7, 11) is 1.67. The number of alkyl halides is 1. The molecule has 1 fully saturated rings. The fourth-order valence-corrected chi connectivity index (χ4v) is 2.73. The van der Waals surface area contributed by atoms with E-state index in [4.69, 9.17) is 4.74 Å². The Morgan fingerprint density at radius 3 is 2.44 bits per heavy atom. The van der Waals surface area contributed by atoms with Crippen molar-refractivity contribution in [2.45, 2.75) is 27.7 Å². The Balaban J connectivity index is 2.76. The summed E-state index contributed by atoms with van der Waals surface area (Å²) in [6.07, 6.45) is 3.53. The molecule has 1 heterocycles. The SMILES string of the molecule is C=CN=C(C)C(/C=C(/NC(=NC)OCCN1CC(CF)C1)C(=C)C)=C(C)C. The molecular formula is C21H33FN4O. The van der Waals surface area contributed by atoms with Gasteiger partial charge in [0.1, 0.15) is 6.61 Å². The first-order chi connectivity index (χ1) is 12.8. The standard InChI is InChI=1S/C21H33FN4O/c1-8-24-17(6)19(15(2)3)11-20(16(4)5)25-21(23-7)27-10-9-26-13-18(12-22)14-26/h8,11,18H,1,4,9-10,12-14H2,2-3,5-7H3,(H,23,25)/b20-11+,24-17?. The predicted molar refractivity (Wildman–Crippen MR) is 113 cm³/mol. The summed E-state index contributed by atoms with van der Waals surface area (Å²) >= 11 is 0. The average molecular weight is 377 g/mol. The predicted octanol–water partition coefficient (Wildman–Crippen LogP) is 3.88. The minimum Gasteiger partial charge on any atom is -0.464 e. The summed E-state index contributed by atoms with van der Waals surface area (Å²) in [6.45, 7) is 18.2. The molecule has 0 aromatic rings. The van der Waals surface area contributed by atoms with Crippen LogP contribution in [-0.2, 0) is 4.74 Å². The highest BCUT2D eigenvalue weighted by Crippen LogP contribution is 2.16. The normalized spacial score (nSPS) is 16.6. The molecule has 0 amide bonds. The van der Waals surface area contributed by atoms with Crippen LogP contribution >= 0.6 is 0 Å². The Kier molecular flexibility index (Phi) is 9.72. The number of rotatable bonds is 9. The van der Waals surface area contributed by atoms with Gasteiger partial charge in [0.05, 0.1) is 6.67 Å². The Bertz CT molecular complexity index is 651. The minimum absolute atomic E-state index is 0.184. The van der Waals surface area contributed by atoms with Crippen molar-refractivity contribution in [3.63, 3.8) is 0 Å². The second-order valence-corrected chi connectivity index (χ2v) is 6.93. The van der Waals surface area contributed by atoms with Gasteiger partial charge in [-0.3, -0.25) is 14.3 Å². The smallest absolute Gasteiger partial charge is 0.288 e. The molecule has 1 aliphatic heterocycles. The number of hydrogen-bond acceptors (Lipinski definition) is 4. The molecule has 0 aromatic carbocycles. The van der Waals surface area contributed by atoms with E-state index >= 15 is 0 Å². The van der Waals surface area contributed by atoms with Crippen LogP contribution in [0.5, 0.6) is 0 Å². The van der Waals surface area contributed by atoms with Gasteiger partial charge < -0.3 is 10.1 Å². The third kappa shape index (κ3) is 7.51. The summed E-state index contributed by atoms with van der Waals surface area (Å²) in [6, 6.07) is 0.429. The molecule has 6 heteroatoms. The maximum absolute atomic E-state index is 12.5. The molecule has 0 radical (unpaired) electrons. The van der Waals surface area contributed by atoms with E-state index in [2.05, 4.69) is 33.4 Å². The van der Waals surface area contributed by atoms with Crippen molar-refractivity contribution in [2.24, 2.45) is 15.9 Å². The van der Waals surface area contributed by atoms with Crippen LogP contribution in [0.25, 0.3) is 0 Å².